The van der Waals surface area contributed by atoms with Gasteiger partial charge in [0, 0.05) is 39.4 Å². The predicted molar refractivity (Wildman–Crippen MR) is 89.9 cm³/mol. The Morgan fingerprint density at radius 1 is 0.955 bits per heavy atom. The van der Waals surface area contributed by atoms with Crippen molar-refractivity contribution in [3.05, 3.63) is 29.8 Å². The summed E-state index contributed by atoms with van der Waals surface area (Å²) in [5.74, 6) is 0. The van der Waals surface area contributed by atoms with Crippen molar-refractivity contribution in [2.75, 3.05) is 45.9 Å². The van der Waals surface area contributed by atoms with Gasteiger partial charge in [0.05, 0.1) is 0 Å². The third-order valence-electron chi connectivity index (χ3n) is 3.89. The maximum atomic E-state index is 9.49. The number of nitrogens with zero attached hydrogens (tertiary/aromatic N) is 1. The van der Waals surface area contributed by atoms with Gasteiger partial charge in [0.25, 0.3) is 0 Å². The summed E-state index contributed by atoms with van der Waals surface area (Å²) in [5.41, 5.74) is 1.59. The average Bonchev–Trinajstić information content (AvgIpc) is 2.50. The van der Waals surface area contributed by atoms with Crippen LogP contribution in [-0.2, 0) is 6.54 Å². The highest BCUT2D eigenvalue weighted by atomic mass is 16.4. The molecule has 22 heavy (non-hydrogen) atoms. The molecule has 1 aliphatic rings. The van der Waals surface area contributed by atoms with E-state index in [-0.39, 0.29) is 0 Å². The van der Waals surface area contributed by atoms with Crippen LogP contribution in [-0.4, -0.2) is 68.0 Å². The molecule has 6 nitrogen and oxygen atoms in total. The summed E-state index contributed by atoms with van der Waals surface area (Å²) in [6.45, 7) is 7.39. The van der Waals surface area contributed by atoms with Crippen LogP contribution >= 0.6 is 0 Å². The van der Waals surface area contributed by atoms with E-state index in [4.69, 9.17) is 0 Å². The Morgan fingerprint density at radius 3 is 2.59 bits per heavy atom. The molecule has 1 saturated heterocycles. The predicted octanol–water partition coefficient (Wildman–Crippen LogP) is -1.70. The van der Waals surface area contributed by atoms with Gasteiger partial charge in [0.2, 0.25) is 0 Å². The first-order valence-corrected chi connectivity index (χ1v) is 8.06. The summed E-state index contributed by atoms with van der Waals surface area (Å²) >= 11 is 0. The van der Waals surface area contributed by atoms with Crippen LogP contribution in [0.3, 0.4) is 0 Å². The molecule has 0 unspecified atom stereocenters. The zero-order chi connectivity index (χ0) is 15.6. The molecule has 0 aliphatic carbocycles. The lowest BCUT2D eigenvalue weighted by molar-refractivity contribution is 0.258. The summed E-state index contributed by atoms with van der Waals surface area (Å²) in [5, 5.41) is 29.1. The van der Waals surface area contributed by atoms with Crippen LogP contribution in [0.15, 0.2) is 24.3 Å². The van der Waals surface area contributed by atoms with Gasteiger partial charge >= 0.3 is 7.12 Å². The molecular formula is C15H27BN4O2. The third-order valence-corrected chi connectivity index (χ3v) is 3.89. The number of nitrogens with one attached hydrogen (secondary N) is 3. The molecule has 5 N–H and O–H groups in total. The summed E-state index contributed by atoms with van der Waals surface area (Å²) in [6.07, 6.45) is 1.07. The highest BCUT2D eigenvalue weighted by Gasteiger charge is 2.17. The molecule has 0 aromatic heterocycles. The quantitative estimate of drug-likeness (QED) is 0.429. The molecule has 1 aromatic rings. The molecule has 0 radical (unpaired) electrons. The van der Waals surface area contributed by atoms with Crippen molar-refractivity contribution in [1.29, 1.82) is 0 Å². The second-order valence-corrected chi connectivity index (χ2v) is 5.63. The molecule has 1 fully saturated rings. The number of benzene rings is 1. The Hall–Kier alpha value is -0.955. The molecular weight excluding hydrogens is 279 g/mol. The van der Waals surface area contributed by atoms with Gasteiger partial charge in [0.1, 0.15) is 0 Å². The van der Waals surface area contributed by atoms with Gasteiger partial charge in [-0.1, -0.05) is 24.3 Å². The minimum atomic E-state index is -1.41. The van der Waals surface area contributed by atoms with Crippen LogP contribution < -0.4 is 21.4 Å². The highest BCUT2D eigenvalue weighted by molar-refractivity contribution is 6.59. The number of hydrogen-bond acceptors (Lipinski definition) is 6. The Morgan fingerprint density at radius 2 is 1.73 bits per heavy atom. The first-order valence-electron chi connectivity index (χ1n) is 8.06. The van der Waals surface area contributed by atoms with Crippen molar-refractivity contribution < 1.29 is 10.0 Å². The molecule has 2 rings (SSSR count). The SMILES string of the molecule is OB(O)c1ccccc1CN1CCCNCNCCNCC1. The Balaban J connectivity index is 1.95. The topological polar surface area (TPSA) is 79.8 Å². The van der Waals surface area contributed by atoms with Gasteiger partial charge in [-0.05, 0) is 30.5 Å². The van der Waals surface area contributed by atoms with Gasteiger partial charge in [0.15, 0.2) is 0 Å². The van der Waals surface area contributed by atoms with E-state index >= 15 is 0 Å². The Kier molecular flexibility index (Phi) is 7.86. The van der Waals surface area contributed by atoms with Crippen molar-refractivity contribution in [3.63, 3.8) is 0 Å². The Bertz CT molecular complexity index is 422. The van der Waals surface area contributed by atoms with Crippen molar-refractivity contribution in [1.82, 2.24) is 20.9 Å². The molecule has 0 spiro atoms. The second kappa shape index (κ2) is 9.94. The van der Waals surface area contributed by atoms with Gasteiger partial charge in [-0.15, -0.1) is 0 Å². The van der Waals surface area contributed by atoms with E-state index in [0.29, 0.717) is 5.46 Å². The number of rotatable bonds is 3. The van der Waals surface area contributed by atoms with E-state index in [1.807, 2.05) is 18.2 Å². The van der Waals surface area contributed by atoms with Gasteiger partial charge < -0.3 is 26.0 Å². The maximum Gasteiger partial charge on any atom is 0.488 e. The van der Waals surface area contributed by atoms with Crippen LogP contribution in [0.1, 0.15) is 12.0 Å². The van der Waals surface area contributed by atoms with Gasteiger partial charge in [-0.2, -0.15) is 0 Å². The van der Waals surface area contributed by atoms with E-state index in [0.717, 1.165) is 64.5 Å². The first-order chi connectivity index (χ1) is 10.8. The smallest absolute Gasteiger partial charge is 0.423 e. The lowest BCUT2D eigenvalue weighted by Gasteiger charge is -2.24. The minimum absolute atomic E-state index is 0.601. The van der Waals surface area contributed by atoms with Crippen LogP contribution in [0.5, 0.6) is 0 Å². The fourth-order valence-electron chi connectivity index (χ4n) is 2.67. The normalized spacial score (nSPS) is 19.2. The summed E-state index contributed by atoms with van der Waals surface area (Å²) in [7, 11) is -1.41. The maximum absolute atomic E-state index is 9.49. The minimum Gasteiger partial charge on any atom is -0.423 e. The highest BCUT2D eigenvalue weighted by Crippen LogP contribution is 2.04. The van der Waals surface area contributed by atoms with Crippen LogP contribution in [0, 0.1) is 0 Å². The largest absolute Gasteiger partial charge is 0.488 e. The van der Waals surface area contributed by atoms with Crippen LogP contribution in [0.25, 0.3) is 0 Å². The van der Waals surface area contributed by atoms with E-state index in [2.05, 4.69) is 20.9 Å². The summed E-state index contributed by atoms with van der Waals surface area (Å²) in [6, 6.07) is 7.54. The molecule has 0 atom stereocenters. The number of hydrogen-bond donors (Lipinski definition) is 5. The lowest BCUT2D eigenvalue weighted by Crippen LogP contribution is -2.41. The molecule has 1 aromatic carbocycles. The van der Waals surface area contributed by atoms with Crippen LogP contribution in [0.2, 0.25) is 0 Å². The fraction of sp³-hybridized carbons (Fsp3) is 0.600. The zero-order valence-corrected chi connectivity index (χ0v) is 13.1. The third kappa shape index (κ3) is 6.04. The van der Waals surface area contributed by atoms with Gasteiger partial charge in [-0.3, -0.25) is 4.90 Å². The molecule has 1 heterocycles. The van der Waals surface area contributed by atoms with Crippen LogP contribution in [0.4, 0.5) is 0 Å². The van der Waals surface area contributed by atoms with E-state index in [9.17, 15) is 10.0 Å². The van der Waals surface area contributed by atoms with Crippen molar-refractivity contribution >= 4 is 12.6 Å². The average molecular weight is 306 g/mol. The second-order valence-electron chi connectivity index (χ2n) is 5.63. The van der Waals surface area contributed by atoms with Crippen molar-refractivity contribution in [2.24, 2.45) is 0 Å². The Labute approximate surface area is 133 Å². The summed E-state index contributed by atoms with van der Waals surface area (Å²) in [4.78, 5) is 2.37. The summed E-state index contributed by atoms with van der Waals surface area (Å²) < 4.78 is 0. The first kappa shape index (κ1) is 17.4. The van der Waals surface area contributed by atoms with Crippen molar-refractivity contribution in [3.8, 4) is 0 Å². The molecule has 0 amide bonds. The molecule has 0 bridgehead atoms. The lowest BCUT2D eigenvalue weighted by atomic mass is 9.77. The molecule has 7 heteroatoms. The van der Waals surface area contributed by atoms with Crippen molar-refractivity contribution in [2.45, 2.75) is 13.0 Å². The van der Waals surface area contributed by atoms with E-state index in [1.54, 1.807) is 6.07 Å². The van der Waals surface area contributed by atoms with E-state index < -0.39 is 7.12 Å². The molecule has 122 valence electrons. The zero-order valence-electron chi connectivity index (χ0n) is 13.1. The monoisotopic (exact) mass is 306 g/mol. The molecule has 0 saturated carbocycles. The van der Waals surface area contributed by atoms with Gasteiger partial charge in [-0.25, -0.2) is 0 Å². The van der Waals surface area contributed by atoms with E-state index in [1.165, 1.54) is 0 Å². The standard InChI is InChI=1S/C15H27BN4O2/c21-16(22)15-5-2-1-4-14(15)12-20-10-3-6-18-13-19-8-7-17-9-11-20/h1-2,4-5,17-19,21-22H,3,6-13H2. The molecule has 1 aliphatic heterocycles. The fourth-order valence-corrected chi connectivity index (χ4v) is 2.67.